The van der Waals surface area contributed by atoms with Gasteiger partial charge in [0.1, 0.15) is 0 Å². The Hall–Kier alpha value is -1.79. The molecular weight excluding hydrogens is 374 g/mol. The van der Waals surface area contributed by atoms with Crippen molar-refractivity contribution in [2.45, 2.75) is 5.25 Å². The topological polar surface area (TPSA) is 44.7 Å². The van der Waals surface area contributed by atoms with Crippen LogP contribution in [0.3, 0.4) is 0 Å². The summed E-state index contributed by atoms with van der Waals surface area (Å²) < 4.78 is 0. The highest BCUT2D eigenvalue weighted by Gasteiger charge is 2.28. The maximum Gasteiger partial charge on any atom is 0.332 e. The van der Waals surface area contributed by atoms with Crippen LogP contribution in [0.15, 0.2) is 65.7 Å². The van der Waals surface area contributed by atoms with E-state index in [0.29, 0.717) is 11.8 Å². The summed E-state index contributed by atoms with van der Waals surface area (Å²) in [6, 6.07) is 18.8. The van der Waals surface area contributed by atoms with Crippen LogP contribution in [-0.4, -0.2) is 28.3 Å². The largest absolute Gasteiger partial charge is 0.332 e. The zero-order valence-electron chi connectivity index (χ0n) is 12.4. The molecule has 0 aromatic heterocycles. The highest BCUT2D eigenvalue weighted by molar-refractivity contribution is 9.09. The van der Waals surface area contributed by atoms with E-state index >= 15 is 0 Å². The van der Waals surface area contributed by atoms with E-state index in [-0.39, 0.29) is 6.03 Å². The fraction of sp³-hybridized carbons (Fsp3) is 0.176. The van der Waals surface area contributed by atoms with Gasteiger partial charge in [-0.05, 0) is 24.3 Å². The number of carbonyl (C=O) groups is 1. The minimum absolute atomic E-state index is 0.205. The second-order valence-corrected chi connectivity index (χ2v) is 6.90. The Bertz CT molecular complexity index is 693. The number of benzene rings is 2. The second kappa shape index (κ2) is 7.66. The number of urea groups is 1. The zero-order valence-corrected chi connectivity index (χ0v) is 14.8. The molecule has 0 bridgehead atoms. The normalized spacial score (nSPS) is 16.7. The van der Waals surface area contributed by atoms with E-state index in [1.165, 1.54) is 0 Å². The van der Waals surface area contributed by atoms with Crippen LogP contribution in [0.1, 0.15) is 0 Å². The molecule has 0 aliphatic carbocycles. The lowest BCUT2D eigenvalue weighted by molar-refractivity contribution is 0.259. The van der Waals surface area contributed by atoms with Gasteiger partial charge < -0.3 is 5.32 Å². The van der Waals surface area contributed by atoms with Gasteiger partial charge in [0.2, 0.25) is 0 Å². The van der Waals surface area contributed by atoms with Crippen molar-refractivity contribution in [1.82, 2.24) is 0 Å². The summed E-state index contributed by atoms with van der Waals surface area (Å²) in [5, 5.41) is 4.88. The molecule has 2 aromatic carbocycles. The number of amidine groups is 1. The summed E-state index contributed by atoms with van der Waals surface area (Å²) in [5.41, 5.74) is 1.57. The van der Waals surface area contributed by atoms with Crippen molar-refractivity contribution >= 4 is 50.3 Å². The number of nitrogens with one attached hydrogen (secondary N) is 1. The number of thioether (sulfide) groups is 1. The summed E-state index contributed by atoms with van der Waals surface area (Å²) >= 11 is 5.11. The lowest BCUT2D eigenvalue weighted by Crippen LogP contribution is -2.38. The van der Waals surface area contributed by atoms with Crippen molar-refractivity contribution in [2.24, 2.45) is 4.99 Å². The number of nitrogens with zero attached hydrogens (tertiary/aromatic N) is 2. The molecule has 0 saturated heterocycles. The molecule has 4 nitrogen and oxygen atoms in total. The molecule has 1 atom stereocenters. The first-order valence-corrected chi connectivity index (χ1v) is 9.26. The van der Waals surface area contributed by atoms with Gasteiger partial charge in [0, 0.05) is 16.3 Å². The van der Waals surface area contributed by atoms with Crippen LogP contribution >= 0.6 is 27.7 Å². The molecule has 1 unspecified atom stereocenters. The predicted molar refractivity (Wildman–Crippen MR) is 102 cm³/mol. The Balaban J connectivity index is 1.85. The summed E-state index contributed by atoms with van der Waals surface area (Å²) in [5.74, 6) is 0. The van der Waals surface area contributed by atoms with Gasteiger partial charge in [-0.3, -0.25) is 4.99 Å². The second-order valence-electron chi connectivity index (χ2n) is 4.98. The molecule has 2 amide bonds. The van der Waals surface area contributed by atoms with Crippen molar-refractivity contribution in [1.29, 1.82) is 0 Å². The monoisotopic (exact) mass is 389 g/mol. The Morgan fingerprint density at radius 1 is 1.17 bits per heavy atom. The molecule has 0 fully saturated rings. The van der Waals surface area contributed by atoms with Gasteiger partial charge in [0.15, 0.2) is 5.17 Å². The van der Waals surface area contributed by atoms with Crippen molar-refractivity contribution in [3.8, 4) is 0 Å². The summed E-state index contributed by atoms with van der Waals surface area (Å²) in [6.45, 7) is 0.715. The number of carbonyl (C=O) groups excluding carboxylic acids is 1. The molecule has 2 aromatic rings. The van der Waals surface area contributed by atoms with Crippen LogP contribution in [0.2, 0.25) is 0 Å². The molecule has 1 aliphatic rings. The third-order valence-corrected chi connectivity index (χ3v) is 5.69. The molecule has 118 valence electrons. The van der Waals surface area contributed by atoms with Crippen LogP contribution in [0.4, 0.5) is 16.2 Å². The molecule has 0 spiro atoms. The van der Waals surface area contributed by atoms with Gasteiger partial charge in [-0.25, -0.2) is 9.69 Å². The van der Waals surface area contributed by atoms with Gasteiger partial charge in [-0.15, -0.1) is 0 Å². The molecule has 6 heteroatoms. The van der Waals surface area contributed by atoms with E-state index in [0.717, 1.165) is 21.9 Å². The Kier molecular flexibility index (Phi) is 5.35. The number of hydrogen-bond donors (Lipinski definition) is 1. The minimum Gasteiger partial charge on any atom is -0.307 e. The molecule has 1 N–H and O–H groups in total. The van der Waals surface area contributed by atoms with Crippen molar-refractivity contribution in [3.05, 3.63) is 60.7 Å². The average molecular weight is 390 g/mol. The van der Waals surface area contributed by atoms with Gasteiger partial charge in [0.05, 0.1) is 12.2 Å². The Morgan fingerprint density at radius 3 is 2.43 bits per heavy atom. The van der Waals surface area contributed by atoms with Crippen LogP contribution in [0.25, 0.3) is 0 Å². The summed E-state index contributed by atoms with van der Waals surface area (Å²) in [7, 11) is 0. The molecule has 1 aliphatic heterocycles. The molecule has 0 saturated carbocycles. The fourth-order valence-electron chi connectivity index (χ4n) is 2.20. The zero-order chi connectivity index (χ0) is 16.1. The quantitative estimate of drug-likeness (QED) is 0.779. The standard InChI is InChI=1S/C17H16BrN3OS/c18-11-15-12-19-17(23-15)21(14-9-5-2-6-10-14)16(22)20-13-7-3-1-4-8-13/h1-10,15H,11-12H2,(H,20,22). The van der Waals surface area contributed by atoms with Crippen molar-refractivity contribution in [3.63, 3.8) is 0 Å². The van der Waals surface area contributed by atoms with E-state index in [1.807, 2.05) is 60.7 Å². The molecule has 1 heterocycles. The smallest absolute Gasteiger partial charge is 0.307 e. The van der Waals surface area contributed by atoms with Crippen molar-refractivity contribution < 1.29 is 4.79 Å². The third-order valence-electron chi connectivity index (χ3n) is 3.31. The maximum atomic E-state index is 12.8. The molecule has 23 heavy (non-hydrogen) atoms. The van der Waals surface area contributed by atoms with E-state index < -0.39 is 0 Å². The first-order chi connectivity index (χ1) is 11.3. The lowest BCUT2D eigenvalue weighted by atomic mass is 10.3. The van der Waals surface area contributed by atoms with E-state index in [2.05, 4.69) is 26.2 Å². The predicted octanol–water partition coefficient (Wildman–Crippen LogP) is 4.59. The first-order valence-electron chi connectivity index (χ1n) is 7.26. The number of para-hydroxylation sites is 2. The number of amides is 2. The van der Waals surface area contributed by atoms with E-state index in [9.17, 15) is 4.79 Å². The number of halogens is 1. The number of aliphatic imine (C=N–C) groups is 1. The molecular formula is C17H16BrN3OS. The van der Waals surface area contributed by atoms with E-state index in [1.54, 1.807) is 16.7 Å². The van der Waals surface area contributed by atoms with Crippen LogP contribution in [0.5, 0.6) is 0 Å². The number of alkyl halides is 1. The van der Waals surface area contributed by atoms with Gasteiger partial charge in [-0.2, -0.15) is 0 Å². The first kappa shape index (κ1) is 16.1. The highest BCUT2D eigenvalue weighted by atomic mass is 79.9. The third kappa shape index (κ3) is 3.95. The minimum atomic E-state index is -0.205. The Labute approximate surface area is 148 Å². The maximum absolute atomic E-state index is 12.8. The fourth-order valence-corrected chi connectivity index (χ4v) is 3.75. The van der Waals surface area contributed by atoms with Gasteiger partial charge >= 0.3 is 6.03 Å². The van der Waals surface area contributed by atoms with E-state index in [4.69, 9.17) is 0 Å². The van der Waals surface area contributed by atoms with Crippen LogP contribution in [-0.2, 0) is 0 Å². The number of anilines is 2. The van der Waals surface area contributed by atoms with Crippen LogP contribution in [0, 0.1) is 0 Å². The Morgan fingerprint density at radius 2 is 1.83 bits per heavy atom. The summed E-state index contributed by atoms with van der Waals surface area (Å²) in [4.78, 5) is 19.0. The van der Waals surface area contributed by atoms with Crippen LogP contribution < -0.4 is 10.2 Å². The lowest BCUT2D eigenvalue weighted by Gasteiger charge is -2.22. The SMILES string of the molecule is O=C(Nc1ccccc1)N(C1=NCC(CBr)S1)c1ccccc1. The van der Waals surface area contributed by atoms with Gasteiger partial charge in [0.25, 0.3) is 0 Å². The number of rotatable bonds is 3. The molecule has 0 radical (unpaired) electrons. The van der Waals surface area contributed by atoms with Crippen molar-refractivity contribution in [2.75, 3.05) is 22.1 Å². The van der Waals surface area contributed by atoms with Gasteiger partial charge in [-0.1, -0.05) is 64.1 Å². The molecule has 3 rings (SSSR count). The number of hydrogen-bond acceptors (Lipinski definition) is 3. The average Bonchev–Trinajstić information content (AvgIpc) is 3.05. The summed E-state index contributed by atoms with van der Waals surface area (Å²) in [6.07, 6.45) is 0. The highest BCUT2D eigenvalue weighted by Crippen LogP contribution is 2.29.